The van der Waals surface area contributed by atoms with E-state index in [0.717, 1.165) is 0 Å². The van der Waals surface area contributed by atoms with Gasteiger partial charge in [0, 0.05) is 23.4 Å². The minimum Gasteiger partial charge on any atom is -0.361 e. The summed E-state index contributed by atoms with van der Waals surface area (Å²) in [5.74, 6) is 0.527. The lowest BCUT2D eigenvalue weighted by Gasteiger charge is -2.04. The van der Waals surface area contributed by atoms with E-state index in [9.17, 15) is 0 Å². The van der Waals surface area contributed by atoms with Gasteiger partial charge in [0.05, 0.1) is 0 Å². The van der Waals surface area contributed by atoms with Crippen LogP contribution in [0.1, 0.15) is 29.7 Å². The summed E-state index contributed by atoms with van der Waals surface area (Å²) < 4.78 is 0. The first-order chi connectivity index (χ1) is 7.36. The molecule has 1 aliphatic carbocycles. The fourth-order valence-corrected chi connectivity index (χ4v) is 2.30. The van der Waals surface area contributed by atoms with Crippen molar-refractivity contribution in [3.63, 3.8) is 0 Å². The number of allylic oxidation sites excluding steroid dienone is 1. The lowest BCUT2D eigenvalue weighted by molar-refractivity contribution is 0.990. The SMILES string of the molecule is CC1C=C(c2ccc[nH]2)c2ccccc21. The van der Waals surface area contributed by atoms with Crippen LogP contribution in [0.3, 0.4) is 0 Å². The highest BCUT2D eigenvalue weighted by atomic mass is 14.7. The molecule has 0 aliphatic heterocycles. The maximum atomic E-state index is 3.27. The third-order valence-electron chi connectivity index (χ3n) is 3.05. The summed E-state index contributed by atoms with van der Waals surface area (Å²) in [6.45, 7) is 2.24. The van der Waals surface area contributed by atoms with Crippen LogP contribution in [-0.2, 0) is 0 Å². The number of H-pyrrole nitrogens is 1. The molecule has 0 amide bonds. The van der Waals surface area contributed by atoms with Crippen molar-refractivity contribution < 1.29 is 0 Å². The van der Waals surface area contributed by atoms with Crippen LogP contribution in [0, 0.1) is 0 Å². The highest BCUT2D eigenvalue weighted by molar-refractivity contribution is 5.84. The van der Waals surface area contributed by atoms with Gasteiger partial charge in [0.15, 0.2) is 0 Å². The van der Waals surface area contributed by atoms with Crippen molar-refractivity contribution in [1.29, 1.82) is 0 Å². The third kappa shape index (κ3) is 1.23. The van der Waals surface area contributed by atoms with Gasteiger partial charge in [-0.2, -0.15) is 0 Å². The Hall–Kier alpha value is -1.76. The smallest absolute Gasteiger partial charge is 0.0457 e. The fourth-order valence-electron chi connectivity index (χ4n) is 2.30. The van der Waals surface area contributed by atoms with Crippen molar-refractivity contribution in [3.8, 4) is 0 Å². The van der Waals surface area contributed by atoms with Gasteiger partial charge in [0.25, 0.3) is 0 Å². The summed E-state index contributed by atoms with van der Waals surface area (Å²) in [5, 5.41) is 0. The molecule has 0 bridgehead atoms. The number of hydrogen-bond donors (Lipinski definition) is 1. The van der Waals surface area contributed by atoms with Crippen molar-refractivity contribution in [1.82, 2.24) is 4.98 Å². The van der Waals surface area contributed by atoms with Crippen molar-refractivity contribution in [3.05, 3.63) is 65.5 Å². The molecule has 0 spiro atoms. The van der Waals surface area contributed by atoms with E-state index >= 15 is 0 Å². The standard InChI is InChI=1S/C14H13N/c1-10-9-13(14-7-4-8-15-14)12-6-3-2-5-11(10)12/h2-10,15H,1H3. The van der Waals surface area contributed by atoms with Crippen molar-refractivity contribution in [2.45, 2.75) is 12.8 Å². The van der Waals surface area contributed by atoms with Crippen LogP contribution in [0.4, 0.5) is 0 Å². The lowest BCUT2D eigenvalue weighted by Crippen LogP contribution is -1.87. The zero-order chi connectivity index (χ0) is 10.3. The molecule has 1 aliphatic rings. The second-order valence-electron chi connectivity index (χ2n) is 4.04. The quantitative estimate of drug-likeness (QED) is 0.716. The molecule has 0 radical (unpaired) electrons. The lowest BCUT2D eigenvalue weighted by atomic mass is 10.0. The first-order valence-electron chi connectivity index (χ1n) is 5.31. The minimum absolute atomic E-state index is 0.527. The number of nitrogens with one attached hydrogen (secondary N) is 1. The second kappa shape index (κ2) is 3.13. The number of benzene rings is 1. The Bertz CT molecular complexity index is 506. The largest absolute Gasteiger partial charge is 0.361 e. The summed E-state index contributed by atoms with van der Waals surface area (Å²) >= 11 is 0. The third-order valence-corrected chi connectivity index (χ3v) is 3.05. The molecule has 1 atom stereocenters. The molecule has 0 fully saturated rings. The molecular weight excluding hydrogens is 182 g/mol. The topological polar surface area (TPSA) is 15.8 Å². The molecule has 1 heteroatoms. The minimum atomic E-state index is 0.527. The van der Waals surface area contributed by atoms with Crippen molar-refractivity contribution >= 4 is 5.57 Å². The van der Waals surface area contributed by atoms with Gasteiger partial charge in [-0.1, -0.05) is 37.3 Å². The predicted octanol–water partition coefficient (Wildman–Crippen LogP) is 3.56. The van der Waals surface area contributed by atoms with Crippen LogP contribution in [0.15, 0.2) is 48.7 Å². The van der Waals surface area contributed by atoms with Crippen LogP contribution in [0.5, 0.6) is 0 Å². The van der Waals surface area contributed by atoms with E-state index in [4.69, 9.17) is 0 Å². The molecule has 0 saturated carbocycles. The molecule has 3 rings (SSSR count). The van der Waals surface area contributed by atoms with Gasteiger partial charge in [-0.3, -0.25) is 0 Å². The van der Waals surface area contributed by atoms with Gasteiger partial charge in [0.2, 0.25) is 0 Å². The van der Waals surface area contributed by atoms with E-state index < -0.39 is 0 Å². The Morgan fingerprint density at radius 2 is 1.93 bits per heavy atom. The highest BCUT2D eigenvalue weighted by Crippen LogP contribution is 2.38. The molecule has 2 aromatic rings. The predicted molar refractivity (Wildman–Crippen MR) is 62.7 cm³/mol. The summed E-state index contributed by atoms with van der Waals surface area (Å²) in [6, 6.07) is 12.8. The summed E-state index contributed by atoms with van der Waals surface area (Å²) in [7, 11) is 0. The van der Waals surface area contributed by atoms with Gasteiger partial charge < -0.3 is 4.98 Å². The van der Waals surface area contributed by atoms with Crippen molar-refractivity contribution in [2.75, 3.05) is 0 Å². The molecule has 0 saturated heterocycles. The van der Waals surface area contributed by atoms with Crippen molar-refractivity contribution in [2.24, 2.45) is 0 Å². The van der Waals surface area contributed by atoms with E-state index in [1.807, 2.05) is 12.3 Å². The summed E-state index contributed by atoms with van der Waals surface area (Å²) in [5.41, 5.74) is 5.35. The highest BCUT2D eigenvalue weighted by Gasteiger charge is 2.20. The van der Waals surface area contributed by atoms with Gasteiger partial charge >= 0.3 is 0 Å². The molecule has 1 nitrogen and oxygen atoms in total. The number of hydrogen-bond acceptors (Lipinski definition) is 0. The first kappa shape index (κ1) is 8.54. The van der Waals surface area contributed by atoms with Gasteiger partial charge in [-0.05, 0) is 23.3 Å². The van der Waals surface area contributed by atoms with Crippen LogP contribution in [0.25, 0.3) is 5.57 Å². The zero-order valence-corrected chi connectivity index (χ0v) is 8.70. The number of aromatic nitrogens is 1. The molecule has 15 heavy (non-hydrogen) atoms. The number of aromatic amines is 1. The van der Waals surface area contributed by atoms with Gasteiger partial charge in [0.1, 0.15) is 0 Å². The maximum absolute atomic E-state index is 3.27. The Morgan fingerprint density at radius 3 is 2.73 bits per heavy atom. The van der Waals surface area contributed by atoms with Gasteiger partial charge in [-0.15, -0.1) is 0 Å². The van der Waals surface area contributed by atoms with E-state index in [1.165, 1.54) is 22.4 Å². The van der Waals surface area contributed by atoms with E-state index in [-0.39, 0.29) is 0 Å². The Balaban J connectivity index is 2.17. The van der Waals surface area contributed by atoms with Gasteiger partial charge in [-0.25, -0.2) is 0 Å². The molecule has 1 unspecified atom stereocenters. The van der Waals surface area contributed by atoms with Crippen LogP contribution in [-0.4, -0.2) is 4.98 Å². The van der Waals surface area contributed by atoms with Crippen LogP contribution in [0.2, 0.25) is 0 Å². The number of rotatable bonds is 1. The zero-order valence-electron chi connectivity index (χ0n) is 8.70. The first-order valence-corrected chi connectivity index (χ1v) is 5.31. The maximum Gasteiger partial charge on any atom is 0.0457 e. The van der Waals surface area contributed by atoms with E-state index in [2.05, 4.69) is 48.3 Å². The fraction of sp³-hybridized carbons (Fsp3) is 0.143. The Morgan fingerprint density at radius 1 is 1.07 bits per heavy atom. The second-order valence-corrected chi connectivity index (χ2v) is 4.04. The molecule has 1 N–H and O–H groups in total. The summed E-state index contributed by atoms with van der Waals surface area (Å²) in [6.07, 6.45) is 4.30. The van der Waals surface area contributed by atoms with Crippen LogP contribution < -0.4 is 0 Å². The van der Waals surface area contributed by atoms with E-state index in [0.29, 0.717) is 5.92 Å². The molecular formula is C14H13N. The van der Waals surface area contributed by atoms with Crippen LogP contribution >= 0.6 is 0 Å². The molecule has 1 aromatic carbocycles. The molecule has 1 aromatic heterocycles. The monoisotopic (exact) mass is 195 g/mol. The average molecular weight is 195 g/mol. The Kier molecular flexibility index (Phi) is 1.78. The summed E-state index contributed by atoms with van der Waals surface area (Å²) in [4.78, 5) is 3.27. The van der Waals surface area contributed by atoms with E-state index in [1.54, 1.807) is 0 Å². The molecule has 74 valence electrons. The number of fused-ring (bicyclic) bond motifs is 1. The Labute approximate surface area is 89.5 Å². The average Bonchev–Trinajstić information content (AvgIpc) is 2.87. The normalized spacial score (nSPS) is 18.7. The molecule has 1 heterocycles.